The highest BCUT2D eigenvalue weighted by atomic mass is 16.7. The standard InChI is InChI=1S/C11H20O5/c1-5-11(9(12)15-6-2)10(16-11,7-13-3)8-14-4/h5-8H2,1-4H3. The van der Waals surface area contributed by atoms with Crippen molar-refractivity contribution in [2.24, 2.45) is 0 Å². The lowest BCUT2D eigenvalue weighted by Crippen LogP contribution is -2.41. The van der Waals surface area contributed by atoms with Crippen LogP contribution in [0.5, 0.6) is 0 Å². The molecule has 1 rings (SSSR count). The second kappa shape index (κ2) is 5.12. The Bertz CT molecular complexity index is 247. The predicted molar refractivity (Wildman–Crippen MR) is 57.2 cm³/mol. The van der Waals surface area contributed by atoms with Gasteiger partial charge in [0.2, 0.25) is 0 Å². The third kappa shape index (κ3) is 1.95. The van der Waals surface area contributed by atoms with Crippen LogP contribution in [-0.2, 0) is 23.7 Å². The first-order chi connectivity index (χ1) is 7.62. The minimum atomic E-state index is -0.894. The molecule has 1 saturated heterocycles. The summed E-state index contributed by atoms with van der Waals surface area (Å²) >= 11 is 0. The van der Waals surface area contributed by atoms with E-state index in [1.54, 1.807) is 21.1 Å². The first-order valence-corrected chi connectivity index (χ1v) is 5.47. The molecule has 0 aromatic rings. The number of rotatable bonds is 7. The van der Waals surface area contributed by atoms with Gasteiger partial charge in [-0.25, -0.2) is 4.79 Å². The fraction of sp³-hybridized carbons (Fsp3) is 0.909. The van der Waals surface area contributed by atoms with Gasteiger partial charge in [-0.15, -0.1) is 0 Å². The molecule has 1 heterocycles. The Morgan fingerprint density at radius 1 is 1.19 bits per heavy atom. The van der Waals surface area contributed by atoms with Crippen molar-refractivity contribution in [1.29, 1.82) is 0 Å². The lowest BCUT2D eigenvalue weighted by Gasteiger charge is -2.16. The second-order valence-corrected chi connectivity index (χ2v) is 3.86. The summed E-state index contributed by atoms with van der Waals surface area (Å²) < 4.78 is 20.8. The van der Waals surface area contributed by atoms with Gasteiger partial charge in [-0.05, 0) is 13.3 Å². The van der Waals surface area contributed by atoms with Crippen LogP contribution in [0.25, 0.3) is 0 Å². The summed E-state index contributed by atoms with van der Waals surface area (Å²) in [6.07, 6.45) is 0.554. The normalized spacial score (nSPS) is 26.5. The average molecular weight is 232 g/mol. The molecule has 0 aromatic heterocycles. The second-order valence-electron chi connectivity index (χ2n) is 3.86. The molecule has 0 aromatic carbocycles. The molecular formula is C11H20O5. The minimum absolute atomic E-state index is 0.327. The molecule has 0 bridgehead atoms. The zero-order chi connectivity index (χ0) is 12.2. The molecule has 0 saturated carbocycles. The van der Waals surface area contributed by atoms with Gasteiger partial charge in [-0.1, -0.05) is 6.92 Å². The Morgan fingerprint density at radius 2 is 1.75 bits per heavy atom. The van der Waals surface area contributed by atoms with Gasteiger partial charge in [0.1, 0.15) is 0 Å². The number of methoxy groups -OCH3 is 2. The summed E-state index contributed by atoms with van der Waals surface area (Å²) in [6, 6.07) is 0. The van der Waals surface area contributed by atoms with Gasteiger partial charge in [-0.2, -0.15) is 0 Å². The van der Waals surface area contributed by atoms with Crippen LogP contribution < -0.4 is 0 Å². The number of epoxide rings is 1. The van der Waals surface area contributed by atoms with Gasteiger partial charge in [-0.3, -0.25) is 0 Å². The molecule has 5 heteroatoms. The van der Waals surface area contributed by atoms with Crippen molar-refractivity contribution in [2.75, 3.05) is 34.0 Å². The van der Waals surface area contributed by atoms with E-state index in [0.29, 0.717) is 26.2 Å². The van der Waals surface area contributed by atoms with Crippen LogP contribution in [0.15, 0.2) is 0 Å². The number of hydrogen-bond donors (Lipinski definition) is 0. The van der Waals surface area contributed by atoms with Crippen molar-refractivity contribution in [3.05, 3.63) is 0 Å². The Kier molecular flexibility index (Phi) is 4.29. The van der Waals surface area contributed by atoms with Crippen molar-refractivity contribution in [3.8, 4) is 0 Å². The molecule has 1 aliphatic heterocycles. The van der Waals surface area contributed by atoms with Crippen LogP contribution in [0.2, 0.25) is 0 Å². The third-order valence-corrected chi connectivity index (χ3v) is 2.92. The van der Waals surface area contributed by atoms with Crippen molar-refractivity contribution < 1.29 is 23.7 Å². The molecule has 1 atom stereocenters. The maximum absolute atomic E-state index is 11.9. The highest BCUT2D eigenvalue weighted by molar-refractivity contribution is 5.85. The Balaban J connectivity index is 2.79. The first-order valence-electron chi connectivity index (χ1n) is 5.47. The molecule has 16 heavy (non-hydrogen) atoms. The molecule has 0 amide bonds. The summed E-state index contributed by atoms with van der Waals surface area (Å²) in [7, 11) is 3.15. The van der Waals surface area contributed by atoms with E-state index in [-0.39, 0.29) is 5.97 Å². The predicted octanol–water partition coefficient (Wildman–Crippen LogP) is 0.760. The summed E-state index contributed by atoms with van der Waals surface area (Å²) in [4.78, 5) is 11.9. The van der Waals surface area contributed by atoms with E-state index in [0.717, 1.165) is 0 Å². The number of ether oxygens (including phenoxy) is 4. The molecular weight excluding hydrogens is 212 g/mol. The molecule has 1 unspecified atom stereocenters. The van der Waals surface area contributed by atoms with Crippen LogP contribution in [0.4, 0.5) is 0 Å². The topological polar surface area (TPSA) is 57.3 Å². The van der Waals surface area contributed by atoms with Crippen LogP contribution in [0, 0.1) is 0 Å². The van der Waals surface area contributed by atoms with Crippen LogP contribution in [0.1, 0.15) is 20.3 Å². The monoisotopic (exact) mass is 232 g/mol. The van der Waals surface area contributed by atoms with Crippen LogP contribution in [0.3, 0.4) is 0 Å². The van der Waals surface area contributed by atoms with E-state index in [1.165, 1.54) is 0 Å². The maximum Gasteiger partial charge on any atom is 0.341 e. The van der Waals surface area contributed by atoms with Gasteiger partial charge in [0.25, 0.3) is 0 Å². The Labute approximate surface area is 96.0 Å². The van der Waals surface area contributed by atoms with E-state index < -0.39 is 11.2 Å². The number of hydrogen-bond acceptors (Lipinski definition) is 5. The average Bonchev–Trinajstić information content (AvgIpc) is 2.89. The van der Waals surface area contributed by atoms with Gasteiger partial charge in [0.05, 0.1) is 19.8 Å². The lowest BCUT2D eigenvalue weighted by atomic mass is 9.91. The minimum Gasteiger partial charge on any atom is -0.464 e. The fourth-order valence-corrected chi connectivity index (χ4v) is 2.12. The molecule has 1 fully saturated rings. The van der Waals surface area contributed by atoms with E-state index in [1.807, 2.05) is 6.92 Å². The fourth-order valence-electron chi connectivity index (χ4n) is 2.12. The smallest absolute Gasteiger partial charge is 0.341 e. The summed E-state index contributed by atoms with van der Waals surface area (Å²) in [5, 5.41) is 0. The summed E-state index contributed by atoms with van der Waals surface area (Å²) in [5.74, 6) is -0.327. The van der Waals surface area contributed by atoms with Gasteiger partial charge >= 0.3 is 5.97 Å². The van der Waals surface area contributed by atoms with Crippen molar-refractivity contribution in [1.82, 2.24) is 0 Å². The Morgan fingerprint density at radius 3 is 2.12 bits per heavy atom. The van der Waals surface area contributed by atoms with Crippen LogP contribution >= 0.6 is 0 Å². The largest absolute Gasteiger partial charge is 0.464 e. The third-order valence-electron chi connectivity index (χ3n) is 2.92. The summed E-state index contributed by atoms with van der Waals surface area (Å²) in [5.41, 5.74) is -1.58. The molecule has 0 spiro atoms. The lowest BCUT2D eigenvalue weighted by molar-refractivity contribution is -0.149. The van der Waals surface area contributed by atoms with E-state index in [4.69, 9.17) is 18.9 Å². The number of carbonyl (C=O) groups excluding carboxylic acids is 1. The zero-order valence-electron chi connectivity index (χ0n) is 10.4. The maximum atomic E-state index is 11.9. The zero-order valence-corrected chi connectivity index (χ0v) is 10.4. The van der Waals surface area contributed by atoms with Gasteiger partial charge in [0, 0.05) is 14.2 Å². The molecule has 0 N–H and O–H groups in total. The quantitative estimate of drug-likeness (QED) is 0.479. The van der Waals surface area contributed by atoms with Gasteiger partial charge < -0.3 is 18.9 Å². The molecule has 94 valence electrons. The van der Waals surface area contributed by atoms with Crippen molar-refractivity contribution in [3.63, 3.8) is 0 Å². The SMILES string of the molecule is CCOC(=O)C1(CC)OC1(COC)COC. The van der Waals surface area contributed by atoms with Crippen molar-refractivity contribution >= 4 is 5.97 Å². The summed E-state index contributed by atoms with van der Waals surface area (Å²) in [6.45, 7) is 4.67. The van der Waals surface area contributed by atoms with E-state index in [9.17, 15) is 4.79 Å². The molecule has 0 radical (unpaired) electrons. The Hall–Kier alpha value is -0.650. The first kappa shape index (κ1) is 13.4. The molecule has 5 nitrogen and oxygen atoms in total. The molecule has 0 aliphatic carbocycles. The number of carbonyl (C=O) groups is 1. The number of esters is 1. The van der Waals surface area contributed by atoms with Gasteiger partial charge in [0.15, 0.2) is 11.2 Å². The highest BCUT2D eigenvalue weighted by Gasteiger charge is 2.74. The molecule has 1 aliphatic rings. The van der Waals surface area contributed by atoms with E-state index in [2.05, 4.69) is 0 Å². The van der Waals surface area contributed by atoms with Crippen LogP contribution in [-0.4, -0.2) is 51.2 Å². The highest BCUT2D eigenvalue weighted by Crippen LogP contribution is 2.51. The van der Waals surface area contributed by atoms with Crippen molar-refractivity contribution in [2.45, 2.75) is 31.5 Å². The van der Waals surface area contributed by atoms with E-state index >= 15 is 0 Å².